The molecule has 0 radical (unpaired) electrons. The number of hydrogen-bond acceptors (Lipinski definition) is 5. The van der Waals surface area contributed by atoms with Crippen molar-refractivity contribution in [1.82, 2.24) is 0 Å². The fraction of sp³-hybridized carbons (Fsp3) is 0.364. The van der Waals surface area contributed by atoms with Gasteiger partial charge in [0.25, 0.3) is 10.1 Å². The number of rotatable bonds is 6. The summed E-state index contributed by atoms with van der Waals surface area (Å²) in [5.41, 5.74) is 0.563. The number of thiocarbonyl (C=S) groups is 1. The van der Waals surface area contributed by atoms with Gasteiger partial charge in [0, 0.05) is 0 Å². The Kier molecular flexibility index (Phi) is 5.44. The zero-order valence-electron chi connectivity index (χ0n) is 9.42. The minimum absolute atomic E-state index is 0.122. The Morgan fingerprint density at radius 1 is 1.35 bits per heavy atom. The van der Waals surface area contributed by atoms with Crippen molar-refractivity contribution in [1.29, 1.82) is 0 Å². The lowest BCUT2D eigenvalue weighted by Gasteiger charge is -2.04. The van der Waals surface area contributed by atoms with Crippen molar-refractivity contribution in [3.63, 3.8) is 0 Å². The van der Waals surface area contributed by atoms with Crippen LogP contribution in [-0.4, -0.2) is 20.2 Å². The second-order valence-electron chi connectivity index (χ2n) is 3.33. The van der Waals surface area contributed by atoms with Crippen molar-refractivity contribution >= 4 is 33.2 Å². The maximum Gasteiger partial charge on any atom is 0.296 e. The Labute approximate surface area is 106 Å². The van der Waals surface area contributed by atoms with Crippen LogP contribution in [0.1, 0.15) is 19.8 Å². The van der Waals surface area contributed by atoms with Crippen LogP contribution < -0.4 is 0 Å². The van der Waals surface area contributed by atoms with Gasteiger partial charge in [0.15, 0.2) is 0 Å². The Hall–Kier alpha value is -1.07. The van der Waals surface area contributed by atoms with E-state index in [1.165, 1.54) is 12.1 Å². The molecular weight excluding hydrogens is 258 g/mol. The third kappa shape index (κ3) is 4.36. The fourth-order valence-corrected chi connectivity index (χ4v) is 2.17. The summed E-state index contributed by atoms with van der Waals surface area (Å²) < 4.78 is 28.2. The molecule has 0 heterocycles. The van der Waals surface area contributed by atoms with Gasteiger partial charge < -0.3 is 0 Å². The quantitative estimate of drug-likeness (QED) is 0.345. The number of aliphatic imine (C=N–C) groups is 1. The summed E-state index contributed by atoms with van der Waals surface area (Å²) in [5, 5.41) is 2.21. The van der Waals surface area contributed by atoms with Gasteiger partial charge >= 0.3 is 0 Å². The molecule has 0 fully saturated rings. The molecule has 0 N–H and O–H groups in total. The Morgan fingerprint density at radius 2 is 2.00 bits per heavy atom. The molecular formula is C11H13NO3S2. The lowest BCUT2D eigenvalue weighted by atomic mass is 10.3. The first-order chi connectivity index (χ1) is 8.10. The van der Waals surface area contributed by atoms with Crippen LogP contribution in [0.15, 0.2) is 34.2 Å². The van der Waals surface area contributed by atoms with Crippen LogP contribution in [0.2, 0.25) is 0 Å². The lowest BCUT2D eigenvalue weighted by Crippen LogP contribution is -2.07. The average molecular weight is 271 g/mol. The summed E-state index contributed by atoms with van der Waals surface area (Å²) in [7, 11) is -3.65. The molecule has 6 heteroatoms. The van der Waals surface area contributed by atoms with Gasteiger partial charge in [0.05, 0.1) is 22.4 Å². The monoisotopic (exact) mass is 271 g/mol. The predicted molar refractivity (Wildman–Crippen MR) is 69.2 cm³/mol. The molecule has 0 atom stereocenters. The first-order valence-electron chi connectivity index (χ1n) is 5.17. The van der Waals surface area contributed by atoms with E-state index in [-0.39, 0.29) is 11.5 Å². The molecule has 0 bridgehead atoms. The van der Waals surface area contributed by atoms with Gasteiger partial charge in [0.1, 0.15) is 0 Å². The van der Waals surface area contributed by atoms with E-state index in [9.17, 15) is 8.42 Å². The van der Waals surface area contributed by atoms with E-state index >= 15 is 0 Å². The first kappa shape index (κ1) is 14.0. The van der Waals surface area contributed by atoms with E-state index in [1.54, 1.807) is 12.1 Å². The summed E-state index contributed by atoms with van der Waals surface area (Å²) in [6.45, 7) is 2.17. The summed E-state index contributed by atoms with van der Waals surface area (Å²) in [6.07, 6.45) is 1.60. The van der Waals surface area contributed by atoms with Crippen LogP contribution in [0.4, 0.5) is 5.69 Å². The maximum atomic E-state index is 11.7. The van der Waals surface area contributed by atoms with Crippen LogP contribution >= 0.6 is 12.2 Å². The largest absolute Gasteiger partial charge is 0.296 e. The number of benzene rings is 1. The van der Waals surface area contributed by atoms with Gasteiger partial charge in [-0.25, -0.2) is 0 Å². The molecule has 17 heavy (non-hydrogen) atoms. The van der Waals surface area contributed by atoms with Crippen molar-refractivity contribution < 1.29 is 12.6 Å². The van der Waals surface area contributed by atoms with Crippen LogP contribution in [0.5, 0.6) is 0 Å². The molecule has 1 rings (SSSR count). The highest BCUT2D eigenvalue weighted by Crippen LogP contribution is 2.17. The molecule has 0 aliphatic heterocycles. The summed E-state index contributed by atoms with van der Waals surface area (Å²) in [4.78, 5) is 3.86. The second kappa shape index (κ2) is 6.61. The smallest absolute Gasteiger partial charge is 0.266 e. The molecule has 0 aliphatic rings. The van der Waals surface area contributed by atoms with Crippen molar-refractivity contribution in [3.05, 3.63) is 24.3 Å². The predicted octanol–water partition coefficient (Wildman–Crippen LogP) is 2.93. The molecule has 0 saturated heterocycles. The zero-order valence-corrected chi connectivity index (χ0v) is 11.1. The van der Waals surface area contributed by atoms with Gasteiger partial charge in [-0.15, -0.1) is 0 Å². The summed E-state index contributed by atoms with van der Waals surface area (Å²) >= 11 is 4.45. The highest BCUT2D eigenvalue weighted by atomic mass is 32.2. The molecule has 1 aromatic carbocycles. The third-order valence-corrected chi connectivity index (χ3v) is 3.45. The number of hydrogen-bond donors (Lipinski definition) is 0. The molecule has 0 aliphatic carbocycles. The van der Waals surface area contributed by atoms with Crippen LogP contribution in [0, 0.1) is 0 Å². The van der Waals surface area contributed by atoms with Gasteiger partial charge in [-0.2, -0.15) is 13.4 Å². The summed E-state index contributed by atoms with van der Waals surface area (Å²) in [5.74, 6) is 0. The molecule has 4 nitrogen and oxygen atoms in total. The van der Waals surface area contributed by atoms with E-state index in [0.717, 1.165) is 6.42 Å². The molecule has 0 amide bonds. The maximum absolute atomic E-state index is 11.7. The molecule has 0 saturated carbocycles. The normalized spacial score (nSPS) is 10.9. The van der Waals surface area contributed by atoms with Crippen molar-refractivity contribution in [2.24, 2.45) is 4.99 Å². The minimum Gasteiger partial charge on any atom is -0.266 e. The Balaban J connectivity index is 2.81. The molecule has 0 unspecified atom stereocenters. The van der Waals surface area contributed by atoms with Crippen molar-refractivity contribution in [3.8, 4) is 0 Å². The number of nitrogens with zero attached hydrogens (tertiary/aromatic N) is 1. The zero-order chi connectivity index (χ0) is 12.7. The first-order valence-corrected chi connectivity index (χ1v) is 6.99. The van der Waals surface area contributed by atoms with Gasteiger partial charge in [0.2, 0.25) is 0 Å². The van der Waals surface area contributed by atoms with E-state index in [2.05, 4.69) is 22.4 Å². The van der Waals surface area contributed by atoms with Gasteiger partial charge in [-0.05, 0) is 42.9 Å². The summed E-state index contributed by atoms with van der Waals surface area (Å²) in [6, 6.07) is 5.98. The fourth-order valence-electron chi connectivity index (χ4n) is 1.12. The SMILES string of the molecule is CCCCOS(=O)(=O)c1ccc(N=C=S)cc1. The second-order valence-corrected chi connectivity index (χ2v) is 5.12. The van der Waals surface area contributed by atoms with Crippen LogP contribution in [0.25, 0.3) is 0 Å². The molecule has 92 valence electrons. The van der Waals surface area contributed by atoms with Crippen molar-refractivity contribution in [2.75, 3.05) is 6.61 Å². The topological polar surface area (TPSA) is 55.7 Å². The highest BCUT2D eigenvalue weighted by molar-refractivity contribution is 7.86. The minimum atomic E-state index is -3.65. The Morgan fingerprint density at radius 3 is 2.53 bits per heavy atom. The standard InChI is InChI=1S/C11H13NO3S2/c1-2-3-8-15-17(13,14)11-6-4-10(5-7-11)12-9-16/h4-7H,2-3,8H2,1H3. The van der Waals surface area contributed by atoms with Crippen LogP contribution in [-0.2, 0) is 14.3 Å². The lowest BCUT2D eigenvalue weighted by molar-refractivity contribution is 0.311. The molecule has 0 spiro atoms. The molecule has 0 aromatic heterocycles. The van der Waals surface area contributed by atoms with Crippen molar-refractivity contribution in [2.45, 2.75) is 24.7 Å². The van der Waals surface area contributed by atoms with E-state index in [1.807, 2.05) is 6.92 Å². The highest BCUT2D eigenvalue weighted by Gasteiger charge is 2.14. The Bertz CT molecular complexity index is 502. The number of isothiocyanates is 1. The van der Waals surface area contributed by atoms with Gasteiger partial charge in [-0.3, -0.25) is 4.18 Å². The van der Waals surface area contributed by atoms with E-state index < -0.39 is 10.1 Å². The third-order valence-electron chi connectivity index (χ3n) is 2.04. The number of unbranched alkanes of at least 4 members (excludes halogenated alkanes) is 1. The molecule has 1 aromatic rings. The van der Waals surface area contributed by atoms with E-state index in [4.69, 9.17) is 4.18 Å². The van der Waals surface area contributed by atoms with E-state index in [0.29, 0.717) is 12.1 Å². The average Bonchev–Trinajstić information content (AvgIpc) is 2.30. The van der Waals surface area contributed by atoms with Crippen LogP contribution in [0.3, 0.4) is 0 Å². The van der Waals surface area contributed by atoms with Gasteiger partial charge in [-0.1, -0.05) is 13.3 Å².